The van der Waals surface area contributed by atoms with Gasteiger partial charge in [-0.05, 0) is 49.5 Å². The van der Waals surface area contributed by atoms with Crippen LogP contribution in [-0.2, 0) is 0 Å². The molecule has 2 aromatic heterocycles. The Morgan fingerprint density at radius 3 is 2.75 bits per heavy atom. The molecule has 3 rings (SSSR count). The van der Waals surface area contributed by atoms with Gasteiger partial charge in [-0.25, -0.2) is 4.98 Å². The summed E-state index contributed by atoms with van der Waals surface area (Å²) < 4.78 is 2.64. The second-order valence-corrected chi connectivity index (χ2v) is 5.39. The Labute approximate surface area is 122 Å². The minimum atomic E-state index is 0.661. The first-order valence-electron chi connectivity index (χ1n) is 6.42. The monoisotopic (exact) mass is 284 g/mol. The fourth-order valence-corrected chi connectivity index (χ4v) is 2.53. The molecule has 0 saturated heterocycles. The lowest BCUT2D eigenvalue weighted by atomic mass is 10.2. The fourth-order valence-electron chi connectivity index (χ4n) is 2.23. The molecule has 0 atom stereocenters. The van der Waals surface area contributed by atoms with Crippen LogP contribution in [0.15, 0.2) is 36.4 Å². The number of aromatic amines is 1. The van der Waals surface area contributed by atoms with E-state index in [-0.39, 0.29) is 0 Å². The van der Waals surface area contributed by atoms with E-state index in [9.17, 15) is 0 Å². The van der Waals surface area contributed by atoms with Crippen molar-refractivity contribution in [2.24, 2.45) is 0 Å². The van der Waals surface area contributed by atoms with Gasteiger partial charge in [0.2, 0.25) is 0 Å². The van der Waals surface area contributed by atoms with E-state index < -0.39 is 0 Å². The molecule has 20 heavy (non-hydrogen) atoms. The highest BCUT2D eigenvalue weighted by Crippen LogP contribution is 2.21. The highest BCUT2D eigenvalue weighted by atomic mass is 32.1. The van der Waals surface area contributed by atoms with Crippen LogP contribution in [0, 0.1) is 11.7 Å². The Hall–Kier alpha value is -2.14. The maximum absolute atomic E-state index is 5.44. The molecule has 0 radical (unpaired) electrons. The summed E-state index contributed by atoms with van der Waals surface area (Å²) >= 11 is 5.44. The van der Waals surface area contributed by atoms with Gasteiger partial charge in [-0.3, -0.25) is 4.57 Å². The van der Waals surface area contributed by atoms with E-state index in [2.05, 4.69) is 27.0 Å². The lowest BCUT2D eigenvalue weighted by Gasteiger charge is -2.14. The standard InChI is InChI=1S/C15H16N4S/c1-10-7-8-13-14(16-10)19(15(20)17-13)12-6-4-5-11(9-12)18(2)3/h4-9H,1-3H3,(H,17,20). The predicted molar refractivity (Wildman–Crippen MR) is 85.3 cm³/mol. The van der Waals surface area contributed by atoms with E-state index in [0.29, 0.717) is 4.77 Å². The molecule has 3 aromatic rings. The first kappa shape index (κ1) is 12.9. The minimum Gasteiger partial charge on any atom is -0.378 e. The molecule has 0 fully saturated rings. The number of hydrogen-bond acceptors (Lipinski definition) is 3. The summed E-state index contributed by atoms with van der Waals surface area (Å²) in [6.07, 6.45) is 0. The van der Waals surface area contributed by atoms with Crippen LogP contribution in [0.5, 0.6) is 0 Å². The van der Waals surface area contributed by atoms with Crippen molar-refractivity contribution in [3.05, 3.63) is 46.9 Å². The summed E-state index contributed by atoms with van der Waals surface area (Å²) in [6.45, 7) is 1.98. The van der Waals surface area contributed by atoms with Gasteiger partial charge in [0.15, 0.2) is 10.4 Å². The number of hydrogen-bond donors (Lipinski definition) is 1. The third-order valence-electron chi connectivity index (χ3n) is 3.28. The number of benzene rings is 1. The fraction of sp³-hybridized carbons (Fsp3) is 0.200. The number of anilines is 1. The third kappa shape index (κ3) is 2.10. The molecular weight excluding hydrogens is 268 g/mol. The summed E-state index contributed by atoms with van der Waals surface area (Å²) in [5.41, 5.74) is 4.95. The summed E-state index contributed by atoms with van der Waals surface area (Å²) in [4.78, 5) is 9.87. The molecule has 2 heterocycles. The number of fused-ring (bicyclic) bond motifs is 1. The maximum Gasteiger partial charge on any atom is 0.183 e. The summed E-state index contributed by atoms with van der Waals surface area (Å²) in [5, 5.41) is 0. The van der Waals surface area contributed by atoms with Gasteiger partial charge in [-0.1, -0.05) is 6.07 Å². The van der Waals surface area contributed by atoms with Crippen LogP contribution in [0.1, 0.15) is 5.69 Å². The number of nitrogens with one attached hydrogen (secondary N) is 1. The molecule has 0 aliphatic rings. The smallest absolute Gasteiger partial charge is 0.183 e. The molecule has 1 N–H and O–H groups in total. The Bertz CT molecular complexity index is 829. The molecule has 0 saturated carbocycles. The zero-order chi connectivity index (χ0) is 14.3. The number of rotatable bonds is 2. The van der Waals surface area contributed by atoms with Gasteiger partial charge >= 0.3 is 0 Å². The molecule has 0 bridgehead atoms. The molecule has 0 spiro atoms. The van der Waals surface area contributed by atoms with Crippen LogP contribution in [-0.4, -0.2) is 28.6 Å². The lowest BCUT2D eigenvalue weighted by molar-refractivity contribution is 1.03. The van der Waals surface area contributed by atoms with Crippen molar-refractivity contribution < 1.29 is 0 Å². The highest BCUT2D eigenvalue weighted by Gasteiger charge is 2.09. The van der Waals surface area contributed by atoms with E-state index in [0.717, 1.165) is 28.2 Å². The minimum absolute atomic E-state index is 0.661. The quantitative estimate of drug-likeness (QED) is 0.732. The van der Waals surface area contributed by atoms with Crippen molar-refractivity contribution in [2.75, 3.05) is 19.0 Å². The van der Waals surface area contributed by atoms with Crippen LogP contribution in [0.25, 0.3) is 16.9 Å². The third-order valence-corrected chi connectivity index (χ3v) is 3.56. The summed E-state index contributed by atoms with van der Waals surface area (Å²) in [7, 11) is 4.05. The van der Waals surface area contributed by atoms with Gasteiger partial charge < -0.3 is 9.88 Å². The van der Waals surface area contributed by atoms with Crippen molar-refractivity contribution in [2.45, 2.75) is 6.92 Å². The zero-order valence-electron chi connectivity index (χ0n) is 11.7. The van der Waals surface area contributed by atoms with Gasteiger partial charge in [-0.2, -0.15) is 0 Å². The highest BCUT2D eigenvalue weighted by molar-refractivity contribution is 7.71. The van der Waals surface area contributed by atoms with Crippen molar-refractivity contribution >= 4 is 29.1 Å². The van der Waals surface area contributed by atoms with Crippen LogP contribution < -0.4 is 4.90 Å². The number of H-pyrrole nitrogens is 1. The van der Waals surface area contributed by atoms with Gasteiger partial charge in [0.05, 0.1) is 11.2 Å². The van der Waals surface area contributed by atoms with Gasteiger partial charge in [0.25, 0.3) is 0 Å². The van der Waals surface area contributed by atoms with E-state index in [1.807, 2.05) is 49.9 Å². The van der Waals surface area contributed by atoms with Crippen LogP contribution >= 0.6 is 12.2 Å². The molecule has 102 valence electrons. The van der Waals surface area contributed by atoms with E-state index in [1.54, 1.807) is 0 Å². The first-order chi connectivity index (χ1) is 9.56. The second kappa shape index (κ2) is 4.76. The number of aryl methyl sites for hydroxylation is 1. The van der Waals surface area contributed by atoms with Crippen molar-refractivity contribution in [3.63, 3.8) is 0 Å². The van der Waals surface area contributed by atoms with Crippen LogP contribution in [0.2, 0.25) is 0 Å². The first-order valence-corrected chi connectivity index (χ1v) is 6.83. The predicted octanol–water partition coefficient (Wildman–Crippen LogP) is 3.46. The van der Waals surface area contributed by atoms with Crippen LogP contribution in [0.4, 0.5) is 5.69 Å². The van der Waals surface area contributed by atoms with Gasteiger partial charge in [0.1, 0.15) is 0 Å². The largest absolute Gasteiger partial charge is 0.378 e. The number of imidazole rings is 1. The molecular formula is C15H16N4S. The van der Waals surface area contributed by atoms with E-state index in [1.165, 1.54) is 0 Å². The molecule has 4 nitrogen and oxygen atoms in total. The van der Waals surface area contributed by atoms with E-state index in [4.69, 9.17) is 12.2 Å². The van der Waals surface area contributed by atoms with Crippen molar-refractivity contribution in [1.82, 2.24) is 14.5 Å². The summed E-state index contributed by atoms with van der Waals surface area (Å²) in [5.74, 6) is 0. The average molecular weight is 284 g/mol. The normalized spacial score (nSPS) is 10.9. The molecule has 1 aromatic carbocycles. The summed E-state index contributed by atoms with van der Waals surface area (Å²) in [6, 6.07) is 12.2. The molecule has 0 amide bonds. The van der Waals surface area contributed by atoms with Gasteiger partial charge in [-0.15, -0.1) is 0 Å². The Morgan fingerprint density at radius 2 is 2.00 bits per heavy atom. The Balaban J connectivity index is 2.29. The van der Waals surface area contributed by atoms with Crippen molar-refractivity contribution in [3.8, 4) is 5.69 Å². The van der Waals surface area contributed by atoms with Gasteiger partial charge in [0, 0.05) is 25.5 Å². The molecule has 0 aliphatic heterocycles. The number of pyridine rings is 1. The zero-order valence-corrected chi connectivity index (χ0v) is 12.5. The lowest BCUT2D eigenvalue weighted by Crippen LogP contribution is -2.09. The SMILES string of the molecule is Cc1ccc2[nH]c(=S)n(-c3cccc(N(C)C)c3)c2n1. The molecule has 0 aliphatic carbocycles. The van der Waals surface area contributed by atoms with E-state index >= 15 is 0 Å². The molecule has 0 unspecified atom stereocenters. The second-order valence-electron chi connectivity index (χ2n) is 5.00. The number of nitrogens with zero attached hydrogens (tertiary/aromatic N) is 3. The Morgan fingerprint density at radius 1 is 1.20 bits per heavy atom. The molecule has 5 heteroatoms. The van der Waals surface area contributed by atoms with Crippen molar-refractivity contribution in [1.29, 1.82) is 0 Å². The maximum atomic E-state index is 5.44. The Kier molecular flexibility index (Phi) is 3.06. The average Bonchev–Trinajstić information content (AvgIpc) is 2.74. The number of aromatic nitrogens is 3. The van der Waals surface area contributed by atoms with Crippen LogP contribution in [0.3, 0.4) is 0 Å². The topological polar surface area (TPSA) is 36.9 Å².